The predicted molar refractivity (Wildman–Crippen MR) is 61.9 cm³/mol. The molecule has 80 valence electrons. The molecule has 1 N–H and O–H groups in total. The second kappa shape index (κ2) is 4.35. The first-order valence-electron chi connectivity index (χ1n) is 5.15. The summed E-state index contributed by atoms with van der Waals surface area (Å²) in [6.07, 6.45) is 2.60. The van der Waals surface area contributed by atoms with Gasteiger partial charge in [0.25, 0.3) is 0 Å². The van der Waals surface area contributed by atoms with Crippen LogP contribution >= 0.6 is 15.9 Å². The largest absolute Gasteiger partial charge is 0.481 e. The maximum atomic E-state index is 10.8. The quantitative estimate of drug-likeness (QED) is 0.893. The number of aliphatic carboxylic acids is 1. The van der Waals surface area contributed by atoms with Gasteiger partial charge in [-0.25, -0.2) is 0 Å². The zero-order valence-corrected chi connectivity index (χ0v) is 9.90. The fourth-order valence-corrected chi connectivity index (χ4v) is 2.51. The van der Waals surface area contributed by atoms with Crippen LogP contribution in [0.3, 0.4) is 0 Å². The molecular formula is C12H13BrO2. The van der Waals surface area contributed by atoms with Crippen LogP contribution < -0.4 is 0 Å². The molecule has 3 heteroatoms. The minimum Gasteiger partial charge on any atom is -0.481 e. The van der Waals surface area contributed by atoms with Crippen LogP contribution in [0, 0.1) is 5.92 Å². The van der Waals surface area contributed by atoms with E-state index in [9.17, 15) is 4.79 Å². The smallest absolute Gasteiger partial charge is 0.306 e. The summed E-state index contributed by atoms with van der Waals surface area (Å²) in [6.45, 7) is 0. The molecule has 0 radical (unpaired) electrons. The van der Waals surface area contributed by atoms with Gasteiger partial charge in [0.2, 0.25) is 0 Å². The summed E-state index contributed by atoms with van der Waals surface area (Å²) in [5.41, 5.74) is 1.27. The molecule has 0 bridgehead atoms. The number of hydrogen-bond donors (Lipinski definition) is 1. The maximum absolute atomic E-state index is 10.8. The van der Waals surface area contributed by atoms with Crippen LogP contribution in [0.15, 0.2) is 28.7 Å². The molecule has 2 atom stereocenters. The molecule has 0 saturated heterocycles. The Morgan fingerprint density at radius 1 is 1.27 bits per heavy atom. The molecule has 2 rings (SSSR count). The standard InChI is InChI=1S/C12H13BrO2/c13-11-5-3-8(4-6-11)9-1-2-10(7-9)12(14)15/h3-6,9-10H,1-2,7H2,(H,14,15). The van der Waals surface area contributed by atoms with E-state index in [1.165, 1.54) is 5.56 Å². The van der Waals surface area contributed by atoms with Crippen LogP contribution in [0.4, 0.5) is 0 Å². The number of hydrogen-bond acceptors (Lipinski definition) is 1. The highest BCUT2D eigenvalue weighted by molar-refractivity contribution is 9.10. The fraction of sp³-hybridized carbons (Fsp3) is 0.417. The van der Waals surface area contributed by atoms with Gasteiger partial charge in [-0.15, -0.1) is 0 Å². The molecule has 1 aliphatic carbocycles. The van der Waals surface area contributed by atoms with Crippen molar-refractivity contribution in [1.29, 1.82) is 0 Å². The first-order valence-corrected chi connectivity index (χ1v) is 5.94. The van der Waals surface area contributed by atoms with Crippen molar-refractivity contribution in [3.8, 4) is 0 Å². The van der Waals surface area contributed by atoms with Gasteiger partial charge < -0.3 is 5.11 Å². The summed E-state index contributed by atoms with van der Waals surface area (Å²) in [5.74, 6) is -0.354. The van der Waals surface area contributed by atoms with Gasteiger partial charge in [-0.2, -0.15) is 0 Å². The Kier molecular flexibility index (Phi) is 3.10. The van der Waals surface area contributed by atoms with Crippen LogP contribution in [-0.2, 0) is 4.79 Å². The Balaban J connectivity index is 2.07. The van der Waals surface area contributed by atoms with E-state index in [1.54, 1.807) is 0 Å². The van der Waals surface area contributed by atoms with Crippen molar-refractivity contribution in [2.24, 2.45) is 5.92 Å². The van der Waals surface area contributed by atoms with Crippen molar-refractivity contribution in [1.82, 2.24) is 0 Å². The van der Waals surface area contributed by atoms with E-state index in [-0.39, 0.29) is 5.92 Å². The van der Waals surface area contributed by atoms with Crippen molar-refractivity contribution in [2.75, 3.05) is 0 Å². The molecule has 1 aliphatic rings. The Morgan fingerprint density at radius 3 is 2.47 bits per heavy atom. The van der Waals surface area contributed by atoms with Gasteiger partial charge in [0.15, 0.2) is 0 Å². The molecule has 1 aromatic carbocycles. The third-order valence-corrected chi connectivity index (χ3v) is 3.65. The summed E-state index contributed by atoms with van der Waals surface area (Å²) in [6, 6.07) is 8.20. The molecule has 1 saturated carbocycles. The first-order chi connectivity index (χ1) is 7.16. The second-order valence-electron chi connectivity index (χ2n) is 4.10. The third kappa shape index (κ3) is 2.40. The summed E-state index contributed by atoms with van der Waals surface area (Å²) >= 11 is 3.39. The van der Waals surface area contributed by atoms with Crippen LogP contribution in [0.1, 0.15) is 30.7 Å². The van der Waals surface area contributed by atoms with E-state index in [2.05, 4.69) is 28.1 Å². The Morgan fingerprint density at radius 2 is 1.93 bits per heavy atom. The molecule has 0 amide bonds. The van der Waals surface area contributed by atoms with Crippen LogP contribution in [0.25, 0.3) is 0 Å². The Hall–Kier alpha value is -0.830. The van der Waals surface area contributed by atoms with Gasteiger partial charge in [0.1, 0.15) is 0 Å². The van der Waals surface area contributed by atoms with Crippen molar-refractivity contribution in [3.05, 3.63) is 34.3 Å². The molecule has 0 heterocycles. The van der Waals surface area contributed by atoms with E-state index < -0.39 is 5.97 Å². The third-order valence-electron chi connectivity index (χ3n) is 3.12. The molecule has 1 aromatic rings. The molecular weight excluding hydrogens is 256 g/mol. The number of benzene rings is 1. The highest BCUT2D eigenvalue weighted by atomic mass is 79.9. The van der Waals surface area contributed by atoms with Crippen LogP contribution in [0.2, 0.25) is 0 Å². The van der Waals surface area contributed by atoms with Gasteiger partial charge in [-0.05, 0) is 42.9 Å². The van der Waals surface area contributed by atoms with E-state index >= 15 is 0 Å². The highest BCUT2D eigenvalue weighted by Gasteiger charge is 2.30. The average molecular weight is 269 g/mol. The van der Waals surface area contributed by atoms with Gasteiger partial charge in [-0.1, -0.05) is 28.1 Å². The summed E-state index contributed by atoms with van der Waals surface area (Å²) in [4.78, 5) is 10.8. The van der Waals surface area contributed by atoms with E-state index in [4.69, 9.17) is 5.11 Å². The molecule has 1 fully saturated rings. The lowest BCUT2D eigenvalue weighted by Crippen LogP contribution is -2.09. The molecule has 2 unspecified atom stereocenters. The van der Waals surface area contributed by atoms with Gasteiger partial charge >= 0.3 is 5.97 Å². The number of halogens is 1. The Labute approximate surface area is 97.4 Å². The van der Waals surface area contributed by atoms with Crippen molar-refractivity contribution < 1.29 is 9.90 Å². The lowest BCUT2D eigenvalue weighted by atomic mass is 9.96. The average Bonchev–Trinajstić information content (AvgIpc) is 2.68. The van der Waals surface area contributed by atoms with Crippen molar-refractivity contribution >= 4 is 21.9 Å². The maximum Gasteiger partial charge on any atom is 0.306 e. The predicted octanol–water partition coefficient (Wildman–Crippen LogP) is 3.42. The number of carboxylic acids is 1. The van der Waals surface area contributed by atoms with E-state index in [1.807, 2.05) is 12.1 Å². The molecule has 2 nitrogen and oxygen atoms in total. The minimum absolute atomic E-state index is 0.140. The SMILES string of the molecule is O=C(O)C1CCC(c2ccc(Br)cc2)C1. The van der Waals surface area contributed by atoms with Gasteiger partial charge in [-0.3, -0.25) is 4.79 Å². The van der Waals surface area contributed by atoms with Gasteiger partial charge in [0, 0.05) is 4.47 Å². The zero-order valence-electron chi connectivity index (χ0n) is 8.32. The number of carboxylic acid groups (broad SMARTS) is 1. The van der Waals surface area contributed by atoms with Crippen LogP contribution in [-0.4, -0.2) is 11.1 Å². The summed E-state index contributed by atoms with van der Waals surface area (Å²) < 4.78 is 1.07. The molecule has 15 heavy (non-hydrogen) atoms. The zero-order chi connectivity index (χ0) is 10.8. The van der Waals surface area contributed by atoms with E-state index in [0.29, 0.717) is 5.92 Å². The first kappa shape index (κ1) is 10.7. The van der Waals surface area contributed by atoms with E-state index in [0.717, 1.165) is 23.7 Å². The minimum atomic E-state index is -0.644. The number of carbonyl (C=O) groups is 1. The van der Waals surface area contributed by atoms with Gasteiger partial charge in [0.05, 0.1) is 5.92 Å². The fourth-order valence-electron chi connectivity index (χ4n) is 2.24. The van der Waals surface area contributed by atoms with Crippen LogP contribution in [0.5, 0.6) is 0 Å². The Bertz CT molecular complexity index is 358. The van der Waals surface area contributed by atoms with Crippen molar-refractivity contribution in [3.63, 3.8) is 0 Å². The normalized spacial score (nSPS) is 25.4. The lowest BCUT2D eigenvalue weighted by Gasteiger charge is -2.09. The molecule has 0 aliphatic heterocycles. The highest BCUT2D eigenvalue weighted by Crippen LogP contribution is 2.38. The van der Waals surface area contributed by atoms with Crippen molar-refractivity contribution in [2.45, 2.75) is 25.2 Å². The topological polar surface area (TPSA) is 37.3 Å². The summed E-state index contributed by atoms with van der Waals surface area (Å²) in [5, 5.41) is 8.91. The molecule has 0 aromatic heterocycles. The second-order valence-corrected chi connectivity index (χ2v) is 5.01. The number of rotatable bonds is 2. The lowest BCUT2D eigenvalue weighted by molar-refractivity contribution is -0.141. The molecule has 0 spiro atoms. The summed E-state index contributed by atoms with van der Waals surface area (Å²) in [7, 11) is 0. The monoisotopic (exact) mass is 268 g/mol.